The highest BCUT2D eigenvalue weighted by molar-refractivity contribution is 6.31. The molecule has 0 spiro atoms. The topological polar surface area (TPSA) is 75.9 Å². The second-order valence-corrected chi connectivity index (χ2v) is 5.10. The Bertz CT molecular complexity index is 635. The van der Waals surface area contributed by atoms with E-state index in [4.69, 9.17) is 17.3 Å². The molecule has 1 atom stereocenters. The summed E-state index contributed by atoms with van der Waals surface area (Å²) in [7, 11) is 0. The molecule has 0 aliphatic carbocycles. The van der Waals surface area contributed by atoms with Crippen molar-refractivity contribution in [1.29, 1.82) is 0 Å². The van der Waals surface area contributed by atoms with Crippen LogP contribution in [0.3, 0.4) is 0 Å². The van der Waals surface area contributed by atoms with Gasteiger partial charge < -0.3 is 16.4 Å². The molecule has 0 saturated heterocycles. The number of nitrogens with one attached hydrogen (secondary N) is 2. The Balaban J connectivity index is 2.23. The van der Waals surface area contributed by atoms with Crippen LogP contribution in [0, 0.1) is 5.82 Å². The van der Waals surface area contributed by atoms with Gasteiger partial charge in [-0.05, 0) is 31.5 Å². The fourth-order valence-corrected chi connectivity index (χ4v) is 1.84. The molecule has 0 aliphatic heterocycles. The molecule has 1 unspecified atom stereocenters. The Labute approximate surface area is 127 Å². The number of halogens is 2. The molecule has 0 aliphatic rings. The summed E-state index contributed by atoms with van der Waals surface area (Å²) in [6, 6.07) is 4.56. The van der Waals surface area contributed by atoms with Crippen LogP contribution in [0.2, 0.25) is 5.02 Å². The third-order valence-electron chi connectivity index (χ3n) is 3.06. The van der Waals surface area contributed by atoms with Gasteiger partial charge >= 0.3 is 0 Å². The van der Waals surface area contributed by atoms with Crippen LogP contribution in [0.25, 0.3) is 0 Å². The van der Waals surface area contributed by atoms with Crippen molar-refractivity contribution in [3.05, 3.63) is 35.4 Å². The predicted octanol–water partition coefficient (Wildman–Crippen LogP) is 3.81. The van der Waals surface area contributed by atoms with Gasteiger partial charge in [0.05, 0.1) is 5.02 Å². The summed E-state index contributed by atoms with van der Waals surface area (Å²) in [4.78, 5) is 8.22. The molecule has 1 aromatic heterocycles. The maximum absolute atomic E-state index is 13.1. The highest BCUT2D eigenvalue weighted by atomic mass is 35.5. The number of hydrogen-bond acceptors (Lipinski definition) is 5. The lowest BCUT2D eigenvalue weighted by Gasteiger charge is -2.16. The molecule has 2 aromatic rings. The summed E-state index contributed by atoms with van der Waals surface area (Å²) < 4.78 is 13.1. The highest BCUT2D eigenvalue weighted by Gasteiger charge is 2.10. The largest absolute Gasteiger partial charge is 0.393 e. The summed E-state index contributed by atoms with van der Waals surface area (Å²) in [5.41, 5.74) is 7.04. The van der Waals surface area contributed by atoms with Gasteiger partial charge in [-0.25, -0.2) is 14.4 Å². The Morgan fingerprint density at radius 2 is 2.05 bits per heavy atom. The van der Waals surface area contributed by atoms with Gasteiger partial charge in [-0.2, -0.15) is 0 Å². The number of nitrogens with zero attached hydrogens (tertiary/aromatic N) is 2. The lowest BCUT2D eigenvalue weighted by molar-refractivity contribution is 0.628. The van der Waals surface area contributed by atoms with E-state index in [1.54, 1.807) is 6.07 Å². The molecule has 2 rings (SSSR count). The maximum atomic E-state index is 13.1. The maximum Gasteiger partial charge on any atom is 0.159 e. The van der Waals surface area contributed by atoms with Crippen molar-refractivity contribution < 1.29 is 4.39 Å². The minimum atomic E-state index is -0.475. The molecule has 0 fully saturated rings. The van der Waals surface area contributed by atoms with Crippen molar-refractivity contribution >= 4 is 34.6 Å². The monoisotopic (exact) mass is 309 g/mol. The van der Waals surface area contributed by atoms with E-state index in [1.165, 1.54) is 18.5 Å². The Morgan fingerprint density at radius 1 is 1.33 bits per heavy atom. The Kier molecular flexibility index (Phi) is 4.80. The lowest BCUT2D eigenvalue weighted by atomic mass is 10.2. The standard InChI is InChI=1S/C14H17ClFN5/c1-3-8(2)20-13-12(17)14(19-7-18-13)21-9-4-5-11(16)10(15)6-9/h4-8H,3,17H2,1-2H3,(H2,18,19,20,21). The lowest BCUT2D eigenvalue weighted by Crippen LogP contribution is -2.16. The molecule has 21 heavy (non-hydrogen) atoms. The normalized spacial score (nSPS) is 12.0. The van der Waals surface area contributed by atoms with Gasteiger partial charge in [-0.1, -0.05) is 18.5 Å². The van der Waals surface area contributed by atoms with Crippen molar-refractivity contribution in [1.82, 2.24) is 9.97 Å². The molecule has 5 nitrogen and oxygen atoms in total. The minimum Gasteiger partial charge on any atom is -0.393 e. The number of hydrogen-bond donors (Lipinski definition) is 3. The second-order valence-electron chi connectivity index (χ2n) is 4.69. The molecule has 0 radical (unpaired) electrons. The minimum absolute atomic E-state index is 0.0329. The molecule has 1 heterocycles. The molecule has 1 aromatic carbocycles. The summed E-state index contributed by atoms with van der Waals surface area (Å²) in [6.45, 7) is 4.10. The van der Waals surface area contributed by atoms with E-state index in [0.717, 1.165) is 6.42 Å². The van der Waals surface area contributed by atoms with E-state index in [9.17, 15) is 4.39 Å². The van der Waals surface area contributed by atoms with Gasteiger partial charge in [0.1, 0.15) is 17.8 Å². The van der Waals surface area contributed by atoms with E-state index in [2.05, 4.69) is 27.5 Å². The average Bonchev–Trinajstić information content (AvgIpc) is 2.47. The van der Waals surface area contributed by atoms with E-state index in [-0.39, 0.29) is 11.1 Å². The zero-order valence-electron chi connectivity index (χ0n) is 11.8. The zero-order chi connectivity index (χ0) is 15.4. The van der Waals surface area contributed by atoms with Crippen molar-refractivity contribution in [2.24, 2.45) is 0 Å². The summed E-state index contributed by atoms with van der Waals surface area (Å²) in [5.74, 6) is 0.533. The first-order valence-corrected chi connectivity index (χ1v) is 6.98. The van der Waals surface area contributed by atoms with Crippen molar-refractivity contribution in [3.63, 3.8) is 0 Å². The van der Waals surface area contributed by atoms with Crippen LogP contribution in [0.4, 0.5) is 27.4 Å². The van der Waals surface area contributed by atoms with Crippen molar-refractivity contribution in [2.75, 3.05) is 16.4 Å². The third-order valence-corrected chi connectivity index (χ3v) is 3.35. The number of aromatic nitrogens is 2. The fourth-order valence-electron chi connectivity index (χ4n) is 1.66. The Morgan fingerprint density at radius 3 is 2.71 bits per heavy atom. The number of benzene rings is 1. The molecule has 112 valence electrons. The smallest absolute Gasteiger partial charge is 0.159 e. The quantitative estimate of drug-likeness (QED) is 0.783. The van der Waals surface area contributed by atoms with Crippen molar-refractivity contribution in [2.45, 2.75) is 26.3 Å². The van der Waals surface area contributed by atoms with E-state index in [1.807, 2.05) is 6.92 Å². The zero-order valence-corrected chi connectivity index (χ0v) is 12.6. The van der Waals surface area contributed by atoms with E-state index < -0.39 is 5.82 Å². The van der Waals surface area contributed by atoms with E-state index in [0.29, 0.717) is 23.0 Å². The van der Waals surface area contributed by atoms with Crippen LogP contribution >= 0.6 is 11.6 Å². The number of anilines is 4. The molecule has 0 saturated carbocycles. The van der Waals surface area contributed by atoms with Crippen LogP contribution in [-0.2, 0) is 0 Å². The number of rotatable bonds is 5. The molecule has 4 N–H and O–H groups in total. The van der Waals surface area contributed by atoms with Gasteiger partial charge in [0.15, 0.2) is 11.6 Å². The average molecular weight is 310 g/mol. The SMILES string of the molecule is CCC(C)Nc1ncnc(Nc2ccc(F)c(Cl)c2)c1N. The van der Waals surface area contributed by atoms with Crippen LogP contribution in [-0.4, -0.2) is 16.0 Å². The highest BCUT2D eigenvalue weighted by Crippen LogP contribution is 2.28. The fraction of sp³-hybridized carbons (Fsp3) is 0.286. The van der Waals surface area contributed by atoms with Crippen LogP contribution in [0.15, 0.2) is 24.5 Å². The van der Waals surface area contributed by atoms with Crippen molar-refractivity contribution in [3.8, 4) is 0 Å². The number of nitrogens with two attached hydrogens (primary N) is 1. The van der Waals surface area contributed by atoms with Gasteiger partial charge in [0, 0.05) is 11.7 Å². The molecular weight excluding hydrogens is 293 g/mol. The van der Waals surface area contributed by atoms with Gasteiger partial charge in [0.25, 0.3) is 0 Å². The van der Waals surface area contributed by atoms with E-state index >= 15 is 0 Å². The predicted molar refractivity (Wildman–Crippen MR) is 84.5 cm³/mol. The molecular formula is C14H17ClFN5. The summed E-state index contributed by atoms with van der Waals surface area (Å²) in [5, 5.41) is 6.24. The van der Waals surface area contributed by atoms with Gasteiger partial charge in [0.2, 0.25) is 0 Å². The van der Waals surface area contributed by atoms with Crippen LogP contribution < -0.4 is 16.4 Å². The summed E-state index contributed by atoms with van der Waals surface area (Å²) in [6.07, 6.45) is 2.36. The van der Waals surface area contributed by atoms with Gasteiger partial charge in [-0.15, -0.1) is 0 Å². The first kappa shape index (κ1) is 15.3. The second kappa shape index (κ2) is 6.58. The van der Waals surface area contributed by atoms with Crippen LogP contribution in [0.1, 0.15) is 20.3 Å². The Hall–Kier alpha value is -2.08. The van der Waals surface area contributed by atoms with Crippen LogP contribution in [0.5, 0.6) is 0 Å². The third kappa shape index (κ3) is 3.72. The first-order valence-electron chi connectivity index (χ1n) is 6.60. The number of nitrogen functional groups attached to an aromatic ring is 1. The molecule has 0 bridgehead atoms. The molecule has 0 amide bonds. The summed E-state index contributed by atoms with van der Waals surface area (Å²) >= 11 is 5.75. The first-order chi connectivity index (χ1) is 10.0. The molecule has 7 heteroatoms. The van der Waals surface area contributed by atoms with Gasteiger partial charge in [-0.3, -0.25) is 0 Å².